The molecule has 136 valence electrons. The standard InChI is InChI=1S/C17H23N2O5P/c1-10-7-13(8-15(24-4)17(10)20)16(25(21,22)23)9-18-14-6-5-11(2)19-12(14)3/h5-8,16,18,20H,9H2,1-4H3,(H2,21,22,23). The first-order valence-corrected chi connectivity index (χ1v) is 9.42. The number of pyridine rings is 1. The Morgan fingerprint density at radius 3 is 2.48 bits per heavy atom. The second kappa shape index (κ2) is 7.44. The van der Waals surface area contributed by atoms with Gasteiger partial charge in [0.05, 0.1) is 18.5 Å². The molecule has 0 saturated heterocycles. The number of phenols is 1. The molecule has 8 heteroatoms. The van der Waals surface area contributed by atoms with Gasteiger partial charge >= 0.3 is 7.60 Å². The van der Waals surface area contributed by atoms with Crippen LogP contribution in [0, 0.1) is 20.8 Å². The molecule has 1 aromatic carbocycles. The fourth-order valence-corrected chi connectivity index (χ4v) is 3.50. The molecule has 1 heterocycles. The molecule has 0 bridgehead atoms. The lowest BCUT2D eigenvalue weighted by molar-refractivity contribution is 0.358. The summed E-state index contributed by atoms with van der Waals surface area (Å²) in [6, 6.07) is 6.67. The highest BCUT2D eigenvalue weighted by Gasteiger charge is 2.31. The minimum Gasteiger partial charge on any atom is -0.504 e. The smallest absolute Gasteiger partial charge is 0.334 e. The zero-order chi connectivity index (χ0) is 18.8. The number of aromatic nitrogens is 1. The molecule has 2 rings (SSSR count). The van der Waals surface area contributed by atoms with E-state index in [-0.39, 0.29) is 18.0 Å². The van der Waals surface area contributed by atoms with E-state index in [9.17, 15) is 19.5 Å². The first-order valence-electron chi connectivity index (χ1n) is 7.74. The van der Waals surface area contributed by atoms with E-state index in [2.05, 4.69) is 10.3 Å². The summed E-state index contributed by atoms with van der Waals surface area (Å²) in [5.74, 6) is 0.142. The number of aromatic hydroxyl groups is 1. The van der Waals surface area contributed by atoms with Crippen molar-refractivity contribution in [3.63, 3.8) is 0 Å². The van der Waals surface area contributed by atoms with Crippen molar-refractivity contribution in [1.82, 2.24) is 4.98 Å². The third kappa shape index (κ3) is 4.51. The van der Waals surface area contributed by atoms with E-state index in [1.165, 1.54) is 13.2 Å². The number of benzene rings is 1. The lowest BCUT2D eigenvalue weighted by Gasteiger charge is -2.22. The minimum absolute atomic E-state index is 0.0171. The fourth-order valence-electron chi connectivity index (χ4n) is 2.63. The van der Waals surface area contributed by atoms with E-state index >= 15 is 0 Å². The van der Waals surface area contributed by atoms with Crippen LogP contribution in [0.15, 0.2) is 24.3 Å². The molecule has 4 N–H and O–H groups in total. The molecule has 0 saturated carbocycles. The highest BCUT2D eigenvalue weighted by Crippen LogP contribution is 2.53. The van der Waals surface area contributed by atoms with E-state index < -0.39 is 13.3 Å². The first-order chi connectivity index (χ1) is 11.6. The van der Waals surface area contributed by atoms with Crippen LogP contribution in [0.4, 0.5) is 5.69 Å². The van der Waals surface area contributed by atoms with Gasteiger partial charge in [-0.3, -0.25) is 9.55 Å². The van der Waals surface area contributed by atoms with E-state index in [4.69, 9.17) is 4.74 Å². The van der Waals surface area contributed by atoms with Crippen LogP contribution in [0.1, 0.15) is 28.2 Å². The normalized spacial score (nSPS) is 12.7. The van der Waals surface area contributed by atoms with E-state index in [1.54, 1.807) is 13.0 Å². The quantitative estimate of drug-likeness (QED) is 0.581. The van der Waals surface area contributed by atoms with Gasteiger partial charge in [-0.1, -0.05) is 6.07 Å². The molecule has 0 radical (unpaired) electrons. The summed E-state index contributed by atoms with van der Waals surface area (Å²) in [7, 11) is -3.05. The van der Waals surface area contributed by atoms with Crippen LogP contribution < -0.4 is 10.1 Å². The number of hydrogen-bond acceptors (Lipinski definition) is 5. The number of ether oxygens (including phenoxy) is 1. The molecule has 1 atom stereocenters. The van der Waals surface area contributed by atoms with Gasteiger partial charge in [-0.15, -0.1) is 0 Å². The SMILES string of the molecule is COc1cc(C(CNc2ccc(C)nc2C)P(=O)(O)O)cc(C)c1O. The summed E-state index contributed by atoms with van der Waals surface area (Å²) >= 11 is 0. The fraction of sp³-hybridized carbons (Fsp3) is 0.353. The van der Waals surface area contributed by atoms with Gasteiger partial charge in [-0.2, -0.15) is 0 Å². The Kier molecular flexibility index (Phi) is 5.72. The highest BCUT2D eigenvalue weighted by molar-refractivity contribution is 7.52. The average molecular weight is 366 g/mol. The second-order valence-corrected chi connectivity index (χ2v) is 7.76. The van der Waals surface area contributed by atoms with Crippen molar-refractivity contribution in [2.24, 2.45) is 0 Å². The molecule has 0 amide bonds. The zero-order valence-corrected chi connectivity index (χ0v) is 15.5. The Balaban J connectivity index is 2.35. The van der Waals surface area contributed by atoms with Gasteiger partial charge in [0.2, 0.25) is 0 Å². The van der Waals surface area contributed by atoms with Gasteiger partial charge in [0.25, 0.3) is 0 Å². The maximum absolute atomic E-state index is 12.0. The van der Waals surface area contributed by atoms with Crippen LogP contribution in [0.2, 0.25) is 0 Å². The monoisotopic (exact) mass is 366 g/mol. The molecular formula is C17H23N2O5P. The molecule has 25 heavy (non-hydrogen) atoms. The lowest BCUT2D eigenvalue weighted by atomic mass is 10.1. The maximum Gasteiger partial charge on any atom is 0.334 e. The maximum atomic E-state index is 12.0. The van der Waals surface area contributed by atoms with E-state index in [0.717, 1.165) is 11.4 Å². The largest absolute Gasteiger partial charge is 0.504 e. The molecule has 2 aromatic rings. The first kappa shape index (κ1) is 19.2. The third-order valence-corrected chi connectivity index (χ3v) is 5.30. The van der Waals surface area contributed by atoms with Crippen LogP contribution in [0.3, 0.4) is 0 Å². The number of hydrogen-bond donors (Lipinski definition) is 4. The lowest BCUT2D eigenvalue weighted by Crippen LogP contribution is -2.14. The molecular weight excluding hydrogens is 343 g/mol. The van der Waals surface area contributed by atoms with Gasteiger partial charge in [0, 0.05) is 12.2 Å². The summed E-state index contributed by atoms with van der Waals surface area (Å²) in [6.45, 7) is 5.37. The van der Waals surface area contributed by atoms with Crippen molar-refractivity contribution in [3.8, 4) is 11.5 Å². The molecule has 7 nitrogen and oxygen atoms in total. The molecule has 0 aliphatic rings. The van der Waals surface area contributed by atoms with Gasteiger partial charge < -0.3 is 24.9 Å². The Hall–Kier alpha value is -2.08. The summed E-state index contributed by atoms with van der Waals surface area (Å²) < 4.78 is 17.1. The van der Waals surface area contributed by atoms with Crippen molar-refractivity contribution < 1.29 is 24.2 Å². The molecule has 0 spiro atoms. The van der Waals surface area contributed by atoms with Gasteiger partial charge in [-0.05, 0) is 50.1 Å². The molecule has 0 aliphatic heterocycles. The highest BCUT2D eigenvalue weighted by atomic mass is 31.2. The Labute approximate surface area is 146 Å². The van der Waals surface area contributed by atoms with Crippen LogP contribution in [0.5, 0.6) is 11.5 Å². The van der Waals surface area contributed by atoms with Gasteiger partial charge in [0.15, 0.2) is 11.5 Å². The summed E-state index contributed by atoms with van der Waals surface area (Å²) in [6.07, 6.45) is 0. The third-order valence-electron chi connectivity index (χ3n) is 4.01. The van der Waals surface area contributed by atoms with E-state index in [0.29, 0.717) is 16.8 Å². The number of anilines is 1. The number of aryl methyl sites for hydroxylation is 3. The minimum atomic E-state index is -4.44. The Bertz CT molecular complexity index is 819. The van der Waals surface area contributed by atoms with Crippen molar-refractivity contribution in [2.45, 2.75) is 26.4 Å². The van der Waals surface area contributed by atoms with Crippen molar-refractivity contribution in [1.29, 1.82) is 0 Å². The van der Waals surface area contributed by atoms with Crippen LogP contribution in [0.25, 0.3) is 0 Å². The van der Waals surface area contributed by atoms with E-state index in [1.807, 2.05) is 26.0 Å². The van der Waals surface area contributed by atoms with Gasteiger partial charge in [-0.25, -0.2) is 0 Å². The number of nitrogens with zero attached hydrogens (tertiary/aromatic N) is 1. The number of rotatable bonds is 6. The van der Waals surface area contributed by atoms with Crippen molar-refractivity contribution >= 4 is 13.3 Å². The Morgan fingerprint density at radius 1 is 1.24 bits per heavy atom. The van der Waals surface area contributed by atoms with Crippen LogP contribution >= 0.6 is 7.60 Å². The summed E-state index contributed by atoms with van der Waals surface area (Å²) in [5.41, 5.74) is 2.14. The zero-order valence-electron chi connectivity index (χ0n) is 14.6. The molecule has 1 unspecified atom stereocenters. The Morgan fingerprint density at radius 2 is 1.92 bits per heavy atom. The topological polar surface area (TPSA) is 112 Å². The van der Waals surface area contributed by atoms with Crippen molar-refractivity contribution in [3.05, 3.63) is 46.8 Å². The molecule has 1 aromatic heterocycles. The number of nitrogens with one attached hydrogen (secondary N) is 1. The number of phenolic OH excluding ortho intramolecular Hbond substituents is 1. The predicted molar refractivity (Wildman–Crippen MR) is 96.4 cm³/mol. The van der Waals surface area contributed by atoms with Crippen LogP contribution in [-0.2, 0) is 4.57 Å². The average Bonchev–Trinajstić information content (AvgIpc) is 2.51. The van der Waals surface area contributed by atoms with Crippen molar-refractivity contribution in [2.75, 3.05) is 19.0 Å². The predicted octanol–water partition coefficient (Wildman–Crippen LogP) is 3.05. The van der Waals surface area contributed by atoms with Crippen LogP contribution in [-0.4, -0.2) is 33.5 Å². The van der Waals surface area contributed by atoms with Gasteiger partial charge in [0.1, 0.15) is 5.66 Å². The second-order valence-electron chi connectivity index (χ2n) is 5.96. The molecule has 0 aliphatic carbocycles. The number of methoxy groups -OCH3 is 1. The molecule has 0 fully saturated rings. The summed E-state index contributed by atoms with van der Waals surface area (Å²) in [4.78, 5) is 23.9. The summed E-state index contributed by atoms with van der Waals surface area (Å²) in [5, 5.41) is 13.0.